The van der Waals surface area contributed by atoms with Gasteiger partial charge in [0.1, 0.15) is 0 Å². The molecule has 0 spiro atoms. The van der Waals surface area contributed by atoms with Gasteiger partial charge in [0.05, 0.1) is 5.92 Å². The molecule has 0 aliphatic carbocycles. The number of nitrogens with zero attached hydrogens (tertiary/aromatic N) is 1. The second-order valence-corrected chi connectivity index (χ2v) is 5.62. The summed E-state index contributed by atoms with van der Waals surface area (Å²) in [5, 5.41) is 0. The summed E-state index contributed by atoms with van der Waals surface area (Å²) in [6.45, 7) is 0. The monoisotopic (exact) mass is 283 g/mol. The Balaban J connectivity index is 1.81. The summed E-state index contributed by atoms with van der Waals surface area (Å²) in [5.41, 5.74) is 0.905. The van der Waals surface area contributed by atoms with Crippen molar-refractivity contribution in [1.29, 1.82) is 0 Å². The summed E-state index contributed by atoms with van der Waals surface area (Å²) < 4.78 is 1.28. The molecule has 0 saturated carbocycles. The third kappa shape index (κ3) is 2.47. The quantitative estimate of drug-likeness (QED) is 0.641. The van der Waals surface area contributed by atoms with E-state index < -0.39 is 0 Å². The molecule has 0 radical (unpaired) electrons. The molecule has 0 bridgehead atoms. The van der Waals surface area contributed by atoms with Crippen LogP contribution in [0.25, 0.3) is 0 Å². The molecular weight excluding hydrogens is 270 g/mol. The van der Waals surface area contributed by atoms with Crippen molar-refractivity contribution < 1.29 is 9.59 Å². The van der Waals surface area contributed by atoms with E-state index in [1.165, 1.54) is 16.3 Å². The van der Waals surface area contributed by atoms with Crippen LogP contribution in [0.1, 0.15) is 17.9 Å². The Labute approximate surface area is 121 Å². The zero-order chi connectivity index (χ0) is 13.9. The van der Waals surface area contributed by atoms with E-state index in [-0.39, 0.29) is 24.2 Å². The Bertz CT molecular complexity index is 627. The topological polar surface area (TPSA) is 37.4 Å². The van der Waals surface area contributed by atoms with Crippen molar-refractivity contribution in [3.8, 4) is 0 Å². The van der Waals surface area contributed by atoms with Gasteiger partial charge in [-0.15, -0.1) is 0 Å². The van der Waals surface area contributed by atoms with Gasteiger partial charge in [-0.2, -0.15) is 0 Å². The van der Waals surface area contributed by atoms with Crippen molar-refractivity contribution in [2.24, 2.45) is 0 Å². The van der Waals surface area contributed by atoms with Gasteiger partial charge in [0.15, 0.2) is 0 Å². The standard InChI is InChI=1S/C16H13NO2S/c18-15-11-14(12-7-3-1-4-8-12)16(19)17(15)20-13-9-5-2-6-10-13/h1-10,14H,11H2. The summed E-state index contributed by atoms with van der Waals surface area (Å²) in [6, 6.07) is 18.9. The lowest BCUT2D eigenvalue weighted by Crippen LogP contribution is -2.22. The van der Waals surface area contributed by atoms with Crippen molar-refractivity contribution in [3.05, 3.63) is 66.2 Å². The minimum atomic E-state index is -0.347. The van der Waals surface area contributed by atoms with Crippen molar-refractivity contribution in [2.45, 2.75) is 17.2 Å². The average Bonchev–Trinajstić information content (AvgIpc) is 2.77. The van der Waals surface area contributed by atoms with Gasteiger partial charge < -0.3 is 0 Å². The minimum Gasteiger partial charge on any atom is -0.273 e. The van der Waals surface area contributed by atoms with Crippen molar-refractivity contribution in [1.82, 2.24) is 4.31 Å². The van der Waals surface area contributed by atoms with Gasteiger partial charge in [-0.25, -0.2) is 4.31 Å². The Morgan fingerprint density at radius 2 is 1.50 bits per heavy atom. The highest BCUT2D eigenvalue weighted by Crippen LogP contribution is 2.36. The molecule has 4 heteroatoms. The average molecular weight is 283 g/mol. The number of amides is 2. The van der Waals surface area contributed by atoms with Gasteiger partial charge in [0.2, 0.25) is 11.8 Å². The van der Waals surface area contributed by atoms with E-state index in [0.717, 1.165) is 10.5 Å². The molecule has 1 saturated heterocycles. The zero-order valence-electron chi connectivity index (χ0n) is 10.7. The molecule has 20 heavy (non-hydrogen) atoms. The number of hydrogen-bond donors (Lipinski definition) is 0. The molecule has 1 fully saturated rings. The van der Waals surface area contributed by atoms with Crippen LogP contribution >= 0.6 is 11.9 Å². The van der Waals surface area contributed by atoms with Crippen LogP contribution in [0.4, 0.5) is 0 Å². The van der Waals surface area contributed by atoms with Gasteiger partial charge in [-0.3, -0.25) is 9.59 Å². The molecule has 0 N–H and O–H groups in total. The van der Waals surface area contributed by atoms with Crippen LogP contribution in [0.15, 0.2) is 65.6 Å². The first-order valence-corrected chi connectivity index (χ1v) is 7.18. The fraction of sp³-hybridized carbons (Fsp3) is 0.125. The first-order valence-electron chi connectivity index (χ1n) is 6.40. The molecule has 0 aromatic heterocycles. The molecule has 1 heterocycles. The fourth-order valence-corrected chi connectivity index (χ4v) is 3.12. The fourth-order valence-electron chi connectivity index (χ4n) is 2.24. The minimum absolute atomic E-state index is 0.127. The van der Waals surface area contributed by atoms with Gasteiger partial charge in [-0.1, -0.05) is 48.5 Å². The second kappa shape index (κ2) is 5.51. The Hall–Kier alpha value is -2.07. The van der Waals surface area contributed by atoms with Crippen molar-refractivity contribution in [2.75, 3.05) is 0 Å². The van der Waals surface area contributed by atoms with Gasteiger partial charge in [0, 0.05) is 11.3 Å². The predicted molar refractivity (Wildman–Crippen MR) is 78.0 cm³/mol. The Morgan fingerprint density at radius 3 is 2.15 bits per heavy atom. The Kier molecular flexibility index (Phi) is 3.56. The molecule has 2 amide bonds. The molecule has 2 aromatic rings. The molecular formula is C16H13NO2S. The van der Waals surface area contributed by atoms with Crippen LogP contribution < -0.4 is 0 Å². The molecule has 1 atom stereocenters. The first-order chi connectivity index (χ1) is 9.75. The molecule has 100 valence electrons. The number of imide groups is 1. The maximum atomic E-state index is 12.4. The van der Waals surface area contributed by atoms with Crippen LogP contribution in [0.2, 0.25) is 0 Å². The summed E-state index contributed by atoms with van der Waals surface area (Å²) in [4.78, 5) is 25.4. The first kappa shape index (κ1) is 12.9. The third-order valence-corrected chi connectivity index (χ3v) is 4.29. The van der Waals surface area contributed by atoms with Gasteiger partial charge in [-0.05, 0) is 29.6 Å². The van der Waals surface area contributed by atoms with E-state index >= 15 is 0 Å². The van der Waals surface area contributed by atoms with E-state index in [1.54, 1.807) is 0 Å². The highest BCUT2D eigenvalue weighted by Gasteiger charge is 2.40. The SMILES string of the molecule is O=C1CC(c2ccccc2)C(=O)N1Sc1ccccc1. The van der Waals surface area contributed by atoms with E-state index in [0.29, 0.717) is 0 Å². The number of carbonyl (C=O) groups is 2. The highest BCUT2D eigenvalue weighted by atomic mass is 32.2. The molecule has 1 aliphatic heterocycles. The second-order valence-electron chi connectivity index (χ2n) is 4.60. The normalized spacial score (nSPS) is 18.6. The lowest BCUT2D eigenvalue weighted by atomic mass is 9.98. The van der Waals surface area contributed by atoms with E-state index in [4.69, 9.17) is 0 Å². The number of carbonyl (C=O) groups excluding carboxylic acids is 2. The van der Waals surface area contributed by atoms with E-state index in [9.17, 15) is 9.59 Å². The van der Waals surface area contributed by atoms with E-state index in [2.05, 4.69) is 0 Å². The van der Waals surface area contributed by atoms with Crippen LogP contribution in [0.3, 0.4) is 0 Å². The number of benzene rings is 2. The lowest BCUT2D eigenvalue weighted by Gasteiger charge is -2.13. The van der Waals surface area contributed by atoms with Crippen LogP contribution in [0.5, 0.6) is 0 Å². The van der Waals surface area contributed by atoms with Crippen LogP contribution in [0, 0.1) is 0 Å². The largest absolute Gasteiger partial charge is 0.273 e. The van der Waals surface area contributed by atoms with Gasteiger partial charge in [0.25, 0.3) is 0 Å². The summed E-state index contributed by atoms with van der Waals surface area (Å²) >= 11 is 1.20. The van der Waals surface area contributed by atoms with E-state index in [1.807, 2.05) is 60.7 Å². The predicted octanol–water partition coefficient (Wildman–Crippen LogP) is 3.24. The molecule has 3 nitrogen and oxygen atoms in total. The number of rotatable bonds is 3. The molecule has 1 aliphatic rings. The molecule has 1 unspecified atom stereocenters. The smallest absolute Gasteiger partial charge is 0.247 e. The summed E-state index contributed by atoms with van der Waals surface area (Å²) in [6.07, 6.45) is 0.253. The van der Waals surface area contributed by atoms with Crippen molar-refractivity contribution in [3.63, 3.8) is 0 Å². The third-order valence-electron chi connectivity index (χ3n) is 3.25. The molecule has 3 rings (SSSR count). The highest BCUT2D eigenvalue weighted by molar-refractivity contribution is 7.98. The summed E-state index contributed by atoms with van der Waals surface area (Å²) in [7, 11) is 0. The number of hydrogen-bond acceptors (Lipinski definition) is 3. The van der Waals surface area contributed by atoms with Crippen LogP contribution in [-0.2, 0) is 9.59 Å². The Morgan fingerprint density at radius 1 is 0.900 bits per heavy atom. The lowest BCUT2D eigenvalue weighted by molar-refractivity contribution is -0.132. The maximum Gasteiger partial charge on any atom is 0.247 e. The molecule has 2 aromatic carbocycles. The zero-order valence-corrected chi connectivity index (χ0v) is 11.5. The summed E-state index contributed by atoms with van der Waals surface area (Å²) in [5.74, 6) is -0.604. The van der Waals surface area contributed by atoms with Gasteiger partial charge >= 0.3 is 0 Å². The maximum absolute atomic E-state index is 12.4. The van der Waals surface area contributed by atoms with Crippen molar-refractivity contribution >= 4 is 23.8 Å². The van der Waals surface area contributed by atoms with Crippen LogP contribution in [-0.4, -0.2) is 16.1 Å².